The van der Waals surface area contributed by atoms with Crippen LogP contribution in [0, 0.1) is 11.3 Å². The van der Waals surface area contributed by atoms with Crippen molar-refractivity contribution < 1.29 is 9.59 Å². The van der Waals surface area contributed by atoms with E-state index in [4.69, 9.17) is 11.6 Å². The summed E-state index contributed by atoms with van der Waals surface area (Å²) in [6, 6.07) is 5.08. The first-order chi connectivity index (χ1) is 11.7. The number of halogens is 2. The van der Waals surface area contributed by atoms with Crippen LogP contribution in [0.4, 0.5) is 5.69 Å². The van der Waals surface area contributed by atoms with Gasteiger partial charge in [-0.1, -0.05) is 32.4 Å². The highest BCUT2D eigenvalue weighted by atomic mass is 35.5. The minimum Gasteiger partial charge on any atom is -0.338 e. The van der Waals surface area contributed by atoms with E-state index in [2.05, 4.69) is 10.6 Å². The molecule has 1 unspecified atom stereocenters. The number of nitrogens with one attached hydrogen (secondary N) is 2. The van der Waals surface area contributed by atoms with E-state index < -0.39 is 0 Å². The average molecular weight is 402 g/mol. The predicted molar refractivity (Wildman–Crippen MR) is 109 cm³/mol. The lowest BCUT2D eigenvalue weighted by Crippen LogP contribution is -2.30. The molecular formula is C19H29Cl2N3O2. The average Bonchev–Trinajstić information content (AvgIpc) is 2.95. The van der Waals surface area contributed by atoms with E-state index in [1.54, 1.807) is 18.2 Å². The van der Waals surface area contributed by atoms with Crippen molar-refractivity contribution in [3.05, 3.63) is 28.8 Å². The molecule has 26 heavy (non-hydrogen) atoms. The summed E-state index contributed by atoms with van der Waals surface area (Å²) in [7, 11) is 1.92. The molecule has 2 N–H and O–H groups in total. The zero-order valence-corrected chi connectivity index (χ0v) is 17.5. The first-order valence-electron chi connectivity index (χ1n) is 8.73. The number of hydrogen-bond acceptors (Lipinski definition) is 3. The van der Waals surface area contributed by atoms with Crippen LogP contribution in [0.3, 0.4) is 0 Å². The van der Waals surface area contributed by atoms with Crippen molar-refractivity contribution in [2.45, 2.75) is 33.6 Å². The predicted octanol–water partition coefficient (Wildman–Crippen LogP) is 3.82. The van der Waals surface area contributed by atoms with Crippen LogP contribution in [0.25, 0.3) is 0 Å². The number of amides is 2. The minimum atomic E-state index is -0.0902. The maximum Gasteiger partial charge on any atom is 0.255 e. The standard InChI is InChI=1S/C19H28ClN3O2.ClH/c1-19(2,3)10-17(24)22-14-5-6-16(20)15(9-14)18(25)23-8-7-13(12-23)11-21-4;/h5-6,9,13,21H,7-8,10-12H2,1-4H3,(H,22,24);1H. The lowest BCUT2D eigenvalue weighted by atomic mass is 9.92. The topological polar surface area (TPSA) is 61.4 Å². The van der Waals surface area contributed by atoms with Gasteiger partial charge < -0.3 is 15.5 Å². The summed E-state index contributed by atoms with van der Waals surface area (Å²) in [6.45, 7) is 8.41. The fraction of sp³-hybridized carbons (Fsp3) is 0.579. The van der Waals surface area contributed by atoms with Crippen molar-refractivity contribution >= 4 is 41.5 Å². The molecule has 146 valence electrons. The van der Waals surface area contributed by atoms with Gasteiger partial charge in [0.25, 0.3) is 5.91 Å². The van der Waals surface area contributed by atoms with Gasteiger partial charge in [-0.15, -0.1) is 12.4 Å². The van der Waals surface area contributed by atoms with Crippen molar-refractivity contribution in [3.63, 3.8) is 0 Å². The highest BCUT2D eigenvalue weighted by molar-refractivity contribution is 6.34. The quantitative estimate of drug-likeness (QED) is 0.787. The Kier molecular flexibility index (Phi) is 8.38. The molecule has 0 radical (unpaired) electrons. The Morgan fingerprint density at radius 3 is 2.62 bits per heavy atom. The van der Waals surface area contributed by atoms with E-state index in [-0.39, 0.29) is 29.6 Å². The van der Waals surface area contributed by atoms with Crippen LogP contribution in [0.1, 0.15) is 44.0 Å². The summed E-state index contributed by atoms with van der Waals surface area (Å²) in [5.41, 5.74) is 0.959. The van der Waals surface area contributed by atoms with Gasteiger partial charge in [-0.2, -0.15) is 0 Å². The third kappa shape index (κ3) is 6.45. The van der Waals surface area contributed by atoms with E-state index >= 15 is 0 Å². The number of carbonyl (C=O) groups is 2. The number of likely N-dealkylation sites (tertiary alicyclic amines) is 1. The molecule has 1 aliphatic rings. The van der Waals surface area contributed by atoms with Crippen molar-refractivity contribution in [2.24, 2.45) is 11.3 Å². The van der Waals surface area contributed by atoms with E-state index in [0.29, 0.717) is 28.6 Å². The zero-order chi connectivity index (χ0) is 18.6. The number of anilines is 1. The molecule has 7 heteroatoms. The third-order valence-corrected chi connectivity index (χ3v) is 4.57. The Hall–Kier alpha value is -1.30. The Morgan fingerprint density at radius 2 is 2.00 bits per heavy atom. The van der Waals surface area contributed by atoms with Crippen LogP contribution < -0.4 is 10.6 Å². The second-order valence-electron chi connectivity index (χ2n) is 7.94. The van der Waals surface area contributed by atoms with Gasteiger partial charge in [0.05, 0.1) is 10.6 Å². The van der Waals surface area contributed by atoms with Gasteiger partial charge in [-0.25, -0.2) is 0 Å². The maximum atomic E-state index is 12.8. The Bertz CT molecular complexity index is 644. The summed E-state index contributed by atoms with van der Waals surface area (Å²) in [5, 5.41) is 6.43. The molecule has 1 saturated heterocycles. The Balaban J connectivity index is 0.00000338. The molecule has 0 aliphatic carbocycles. The van der Waals surface area contributed by atoms with E-state index in [9.17, 15) is 9.59 Å². The summed E-state index contributed by atoms with van der Waals surface area (Å²) in [6.07, 6.45) is 1.41. The van der Waals surface area contributed by atoms with Crippen molar-refractivity contribution in [2.75, 3.05) is 32.0 Å². The molecule has 0 saturated carbocycles. The first-order valence-corrected chi connectivity index (χ1v) is 9.10. The fourth-order valence-electron chi connectivity index (χ4n) is 3.10. The molecule has 1 heterocycles. The first kappa shape index (κ1) is 22.7. The van der Waals surface area contributed by atoms with Crippen LogP contribution in [0.15, 0.2) is 18.2 Å². The normalized spacial score (nSPS) is 17.0. The molecule has 5 nitrogen and oxygen atoms in total. The molecular weight excluding hydrogens is 373 g/mol. The smallest absolute Gasteiger partial charge is 0.255 e. The lowest BCUT2D eigenvalue weighted by Gasteiger charge is -2.19. The monoisotopic (exact) mass is 401 g/mol. The summed E-state index contributed by atoms with van der Waals surface area (Å²) >= 11 is 6.24. The number of nitrogens with zero attached hydrogens (tertiary/aromatic N) is 1. The number of hydrogen-bond donors (Lipinski definition) is 2. The summed E-state index contributed by atoms with van der Waals surface area (Å²) in [4.78, 5) is 26.7. The van der Waals surface area contributed by atoms with E-state index in [0.717, 1.165) is 26.1 Å². The van der Waals surface area contributed by atoms with Crippen LogP contribution in [-0.2, 0) is 4.79 Å². The number of rotatable bonds is 5. The van der Waals surface area contributed by atoms with Crippen LogP contribution >= 0.6 is 24.0 Å². The lowest BCUT2D eigenvalue weighted by molar-refractivity contribution is -0.117. The summed E-state index contributed by atoms with van der Waals surface area (Å²) in [5.74, 6) is 0.335. The minimum absolute atomic E-state index is 0. The molecule has 1 fully saturated rings. The van der Waals surface area contributed by atoms with Gasteiger partial charge in [0.2, 0.25) is 5.91 Å². The molecule has 1 aromatic carbocycles. The second kappa shape index (κ2) is 9.58. The second-order valence-corrected chi connectivity index (χ2v) is 8.35. The third-order valence-electron chi connectivity index (χ3n) is 4.24. The highest BCUT2D eigenvalue weighted by Crippen LogP contribution is 2.26. The Labute approximate surface area is 167 Å². The zero-order valence-electron chi connectivity index (χ0n) is 15.9. The molecule has 0 bridgehead atoms. The van der Waals surface area contributed by atoms with E-state index in [1.165, 1.54) is 0 Å². The van der Waals surface area contributed by atoms with Crippen molar-refractivity contribution in [1.29, 1.82) is 0 Å². The van der Waals surface area contributed by atoms with Crippen LogP contribution in [0.5, 0.6) is 0 Å². The number of benzene rings is 1. The van der Waals surface area contributed by atoms with Crippen LogP contribution in [0.2, 0.25) is 5.02 Å². The Morgan fingerprint density at radius 1 is 1.31 bits per heavy atom. The van der Waals surface area contributed by atoms with Gasteiger partial charge in [0, 0.05) is 25.2 Å². The molecule has 1 aliphatic heterocycles. The van der Waals surface area contributed by atoms with Gasteiger partial charge in [-0.3, -0.25) is 9.59 Å². The van der Waals surface area contributed by atoms with Gasteiger partial charge in [-0.05, 0) is 49.5 Å². The van der Waals surface area contributed by atoms with E-state index in [1.807, 2.05) is 32.7 Å². The molecule has 0 spiro atoms. The van der Waals surface area contributed by atoms with Crippen molar-refractivity contribution in [1.82, 2.24) is 10.2 Å². The molecule has 1 aromatic rings. The molecule has 1 atom stereocenters. The van der Waals surface area contributed by atoms with Gasteiger partial charge in [0.15, 0.2) is 0 Å². The van der Waals surface area contributed by atoms with Gasteiger partial charge in [0.1, 0.15) is 0 Å². The highest BCUT2D eigenvalue weighted by Gasteiger charge is 2.27. The van der Waals surface area contributed by atoms with Crippen molar-refractivity contribution in [3.8, 4) is 0 Å². The molecule has 0 aromatic heterocycles. The SMILES string of the molecule is CNCC1CCN(C(=O)c2cc(NC(=O)CC(C)(C)C)ccc2Cl)C1.Cl. The molecule has 2 rings (SSSR count). The van der Waals surface area contributed by atoms with Gasteiger partial charge >= 0.3 is 0 Å². The largest absolute Gasteiger partial charge is 0.338 e. The molecule has 2 amide bonds. The fourth-order valence-corrected chi connectivity index (χ4v) is 3.29. The number of carbonyl (C=O) groups excluding carboxylic acids is 2. The van der Waals surface area contributed by atoms with Crippen LogP contribution in [-0.4, -0.2) is 43.4 Å². The maximum absolute atomic E-state index is 12.8. The summed E-state index contributed by atoms with van der Waals surface area (Å²) < 4.78 is 0.